The van der Waals surface area contributed by atoms with Crippen LogP contribution in [-0.4, -0.2) is 58.6 Å². The van der Waals surface area contributed by atoms with Crippen molar-refractivity contribution in [2.75, 3.05) is 32.1 Å². The van der Waals surface area contributed by atoms with Crippen molar-refractivity contribution in [2.24, 2.45) is 0 Å². The minimum atomic E-state index is -0.497. The van der Waals surface area contributed by atoms with E-state index in [-0.39, 0.29) is 17.4 Å². The van der Waals surface area contributed by atoms with E-state index in [0.29, 0.717) is 18.9 Å². The Kier molecular flexibility index (Phi) is 4.22. The van der Waals surface area contributed by atoms with Crippen LogP contribution in [0, 0.1) is 5.82 Å². The summed E-state index contributed by atoms with van der Waals surface area (Å²) in [5, 5.41) is 14.0. The molecular weight excluding hydrogens is 299 g/mol. The van der Waals surface area contributed by atoms with Crippen molar-refractivity contribution in [2.45, 2.75) is 18.8 Å². The summed E-state index contributed by atoms with van der Waals surface area (Å²) in [6.07, 6.45) is 1.73. The SMILES string of the molecule is CN(C)c1ccc(C(=O)N2CCCC(c3nn[nH]n3)C2)c(F)c1. The number of piperidine rings is 1. The van der Waals surface area contributed by atoms with Crippen molar-refractivity contribution in [3.8, 4) is 0 Å². The zero-order valence-electron chi connectivity index (χ0n) is 13.2. The van der Waals surface area contributed by atoms with Crippen molar-refractivity contribution in [3.05, 3.63) is 35.4 Å². The third-order valence-corrected chi connectivity index (χ3v) is 4.13. The lowest BCUT2D eigenvalue weighted by atomic mass is 9.96. The summed E-state index contributed by atoms with van der Waals surface area (Å²) in [4.78, 5) is 16.1. The Bertz CT molecular complexity index is 687. The van der Waals surface area contributed by atoms with Gasteiger partial charge in [0.25, 0.3) is 5.91 Å². The number of H-pyrrole nitrogens is 1. The minimum absolute atomic E-state index is 0.0376. The zero-order chi connectivity index (χ0) is 16.4. The first-order valence-corrected chi connectivity index (χ1v) is 7.55. The number of nitrogens with one attached hydrogen (secondary N) is 1. The van der Waals surface area contributed by atoms with E-state index in [0.717, 1.165) is 18.5 Å². The normalized spacial score (nSPS) is 18.0. The van der Waals surface area contributed by atoms with Crippen LogP contribution in [0.5, 0.6) is 0 Å². The molecule has 0 spiro atoms. The largest absolute Gasteiger partial charge is 0.378 e. The summed E-state index contributed by atoms with van der Waals surface area (Å²) >= 11 is 0. The molecule has 1 aliphatic rings. The van der Waals surface area contributed by atoms with Crippen molar-refractivity contribution in [1.82, 2.24) is 25.5 Å². The van der Waals surface area contributed by atoms with Crippen LogP contribution >= 0.6 is 0 Å². The fraction of sp³-hybridized carbons (Fsp3) is 0.467. The Morgan fingerprint density at radius 1 is 1.43 bits per heavy atom. The van der Waals surface area contributed by atoms with Gasteiger partial charge in [0.05, 0.1) is 5.56 Å². The first-order valence-electron chi connectivity index (χ1n) is 7.55. The highest BCUT2D eigenvalue weighted by Crippen LogP contribution is 2.26. The number of carbonyl (C=O) groups is 1. The van der Waals surface area contributed by atoms with Crippen molar-refractivity contribution < 1.29 is 9.18 Å². The van der Waals surface area contributed by atoms with Crippen molar-refractivity contribution in [3.63, 3.8) is 0 Å². The van der Waals surface area contributed by atoms with E-state index >= 15 is 0 Å². The first-order chi connectivity index (χ1) is 11.1. The summed E-state index contributed by atoms with van der Waals surface area (Å²) < 4.78 is 14.3. The van der Waals surface area contributed by atoms with Crippen LogP contribution in [0.15, 0.2) is 18.2 Å². The lowest BCUT2D eigenvalue weighted by Gasteiger charge is -2.31. The molecule has 0 saturated carbocycles. The van der Waals surface area contributed by atoms with Crippen LogP contribution in [0.3, 0.4) is 0 Å². The molecule has 2 heterocycles. The highest BCUT2D eigenvalue weighted by atomic mass is 19.1. The topological polar surface area (TPSA) is 78.0 Å². The number of aromatic amines is 1. The average Bonchev–Trinajstić information content (AvgIpc) is 3.08. The third-order valence-electron chi connectivity index (χ3n) is 4.13. The highest BCUT2D eigenvalue weighted by Gasteiger charge is 2.29. The maximum Gasteiger partial charge on any atom is 0.256 e. The third kappa shape index (κ3) is 3.15. The van der Waals surface area contributed by atoms with E-state index in [9.17, 15) is 9.18 Å². The Hall–Kier alpha value is -2.51. The van der Waals surface area contributed by atoms with Gasteiger partial charge in [0.1, 0.15) is 5.82 Å². The summed E-state index contributed by atoms with van der Waals surface area (Å²) in [5.41, 5.74) is 0.826. The number of hydrogen-bond acceptors (Lipinski definition) is 5. The number of likely N-dealkylation sites (tertiary alicyclic amines) is 1. The van der Waals surface area contributed by atoms with Gasteiger partial charge >= 0.3 is 0 Å². The van der Waals surface area contributed by atoms with Crippen LogP contribution < -0.4 is 4.90 Å². The Labute approximate surface area is 133 Å². The molecule has 0 aliphatic carbocycles. The number of anilines is 1. The van der Waals surface area contributed by atoms with Gasteiger partial charge in [-0.1, -0.05) is 5.21 Å². The van der Waals surface area contributed by atoms with Gasteiger partial charge in [0.15, 0.2) is 5.82 Å². The number of amides is 1. The van der Waals surface area contributed by atoms with Crippen molar-refractivity contribution in [1.29, 1.82) is 0 Å². The molecule has 2 aromatic rings. The predicted octanol–water partition coefficient (Wildman–Crippen LogP) is 1.42. The second-order valence-electron chi connectivity index (χ2n) is 5.92. The van der Waals surface area contributed by atoms with Gasteiger partial charge < -0.3 is 9.80 Å². The van der Waals surface area contributed by atoms with Gasteiger partial charge in [-0.2, -0.15) is 5.21 Å². The van der Waals surface area contributed by atoms with E-state index in [2.05, 4.69) is 20.6 Å². The molecule has 7 nitrogen and oxygen atoms in total. The smallest absolute Gasteiger partial charge is 0.256 e. The molecule has 1 N–H and O–H groups in total. The molecule has 1 aromatic carbocycles. The fourth-order valence-electron chi connectivity index (χ4n) is 2.84. The van der Waals surface area contributed by atoms with Crippen LogP contribution in [0.25, 0.3) is 0 Å². The van der Waals surface area contributed by atoms with Crippen LogP contribution in [-0.2, 0) is 0 Å². The van der Waals surface area contributed by atoms with Crippen LogP contribution in [0.2, 0.25) is 0 Å². The molecule has 1 unspecified atom stereocenters. The molecule has 1 aliphatic heterocycles. The lowest BCUT2D eigenvalue weighted by molar-refractivity contribution is 0.0700. The molecule has 1 atom stereocenters. The van der Waals surface area contributed by atoms with E-state index in [1.807, 2.05) is 14.1 Å². The monoisotopic (exact) mass is 318 g/mol. The number of tetrazole rings is 1. The first kappa shape index (κ1) is 15.4. The number of hydrogen-bond donors (Lipinski definition) is 1. The van der Waals surface area contributed by atoms with E-state index in [4.69, 9.17) is 0 Å². The Balaban J connectivity index is 1.77. The minimum Gasteiger partial charge on any atom is -0.378 e. The summed E-state index contributed by atoms with van der Waals surface area (Å²) in [6.45, 7) is 1.09. The molecule has 8 heteroatoms. The summed E-state index contributed by atoms with van der Waals surface area (Å²) in [7, 11) is 3.66. The number of halogens is 1. The zero-order valence-corrected chi connectivity index (χ0v) is 13.2. The summed E-state index contributed by atoms with van der Waals surface area (Å²) in [5.74, 6) is -0.148. The number of nitrogens with zero attached hydrogens (tertiary/aromatic N) is 5. The molecule has 122 valence electrons. The van der Waals surface area contributed by atoms with Gasteiger partial charge in [0.2, 0.25) is 0 Å². The van der Waals surface area contributed by atoms with Crippen molar-refractivity contribution >= 4 is 11.6 Å². The van der Waals surface area contributed by atoms with E-state index < -0.39 is 5.82 Å². The predicted molar refractivity (Wildman–Crippen MR) is 82.8 cm³/mol. The van der Waals surface area contributed by atoms with Gasteiger partial charge in [-0.3, -0.25) is 4.79 Å². The highest BCUT2D eigenvalue weighted by molar-refractivity contribution is 5.95. The quantitative estimate of drug-likeness (QED) is 0.926. The number of carbonyl (C=O) groups excluding carboxylic acids is 1. The molecule has 1 aromatic heterocycles. The van der Waals surface area contributed by atoms with Gasteiger partial charge in [-0.25, -0.2) is 4.39 Å². The van der Waals surface area contributed by atoms with Gasteiger partial charge in [0, 0.05) is 38.8 Å². The average molecular weight is 318 g/mol. The molecule has 0 bridgehead atoms. The lowest BCUT2D eigenvalue weighted by Crippen LogP contribution is -2.39. The second kappa shape index (κ2) is 6.31. The molecule has 1 amide bonds. The number of rotatable bonds is 3. The maximum absolute atomic E-state index is 14.3. The molecule has 0 radical (unpaired) electrons. The van der Waals surface area contributed by atoms with Gasteiger partial charge in [-0.05, 0) is 31.0 Å². The fourth-order valence-corrected chi connectivity index (χ4v) is 2.84. The second-order valence-corrected chi connectivity index (χ2v) is 5.92. The molecule has 1 fully saturated rings. The molecule has 3 rings (SSSR count). The Morgan fingerprint density at radius 2 is 2.26 bits per heavy atom. The molecule has 1 saturated heterocycles. The Morgan fingerprint density at radius 3 is 2.91 bits per heavy atom. The number of benzene rings is 1. The summed E-state index contributed by atoms with van der Waals surface area (Å²) in [6, 6.07) is 4.68. The maximum atomic E-state index is 14.3. The van der Waals surface area contributed by atoms with E-state index in [1.165, 1.54) is 6.07 Å². The van der Waals surface area contributed by atoms with Crippen LogP contribution in [0.4, 0.5) is 10.1 Å². The van der Waals surface area contributed by atoms with Gasteiger partial charge in [-0.15, -0.1) is 10.2 Å². The van der Waals surface area contributed by atoms with E-state index in [1.54, 1.807) is 21.9 Å². The molecule has 23 heavy (non-hydrogen) atoms. The number of aromatic nitrogens is 4. The molecular formula is C15H19FN6O. The van der Waals surface area contributed by atoms with Crippen LogP contribution in [0.1, 0.15) is 34.9 Å². The standard InChI is InChI=1S/C15H19FN6O/c1-21(2)11-5-6-12(13(16)8-11)15(23)22-7-3-4-10(9-22)14-17-19-20-18-14/h5-6,8,10H,3-4,7,9H2,1-2H3,(H,17,18,19,20).